The fraction of sp³-hybridized carbons (Fsp3) is 0.692. The minimum atomic E-state index is -0.173. The van der Waals surface area contributed by atoms with Crippen LogP contribution in [0.2, 0.25) is 0 Å². The predicted octanol–water partition coefficient (Wildman–Crippen LogP) is 6.08. The largest absolute Gasteiger partial charge is 0.459 e. The normalized spacial score (nSPS) is 44.1. The highest BCUT2D eigenvalue weighted by molar-refractivity contribution is 5.92. The summed E-state index contributed by atoms with van der Waals surface area (Å²) in [7, 11) is 0. The molecule has 4 aliphatic rings. The lowest BCUT2D eigenvalue weighted by molar-refractivity contribution is -0.116. The van der Waals surface area contributed by atoms with E-state index < -0.39 is 0 Å². The highest BCUT2D eigenvalue weighted by Gasteiger charge is 2.59. The average molecular weight is 410 g/mol. The molecule has 4 fully saturated rings. The molecule has 1 N–H and O–H groups in total. The number of nitrogens with zero attached hydrogens (tertiary/aromatic N) is 1. The van der Waals surface area contributed by atoms with E-state index in [2.05, 4.69) is 19.0 Å². The average Bonchev–Trinajstić information content (AvgIpc) is 3.11. The summed E-state index contributed by atoms with van der Waals surface area (Å²) in [6, 6.07) is 9.39. The fourth-order valence-corrected chi connectivity index (χ4v) is 8.07. The molecule has 0 saturated heterocycles. The molecule has 4 saturated carbocycles. The van der Waals surface area contributed by atoms with Crippen molar-refractivity contribution in [3.63, 3.8) is 0 Å². The smallest absolute Gasteiger partial charge is 0.338 e. The Labute approximate surface area is 180 Å². The molecule has 162 valence electrons. The van der Waals surface area contributed by atoms with E-state index in [1.54, 1.807) is 0 Å². The first kappa shape index (κ1) is 20.1. The summed E-state index contributed by atoms with van der Waals surface area (Å²) in [5.41, 5.74) is 2.18. The Balaban J connectivity index is 1.29. The Morgan fingerprint density at radius 2 is 1.83 bits per heavy atom. The molecule has 0 aliphatic heterocycles. The summed E-state index contributed by atoms with van der Waals surface area (Å²) >= 11 is 0. The third kappa shape index (κ3) is 3.01. The standard InChI is InChI=1S/C26H35NO3/c1-25-14-12-19(30-24(28)17-6-4-3-5-7-17)16-18(25)8-9-20-21-10-11-23(27-29)26(21,2)15-13-22(20)25/h3-7,18-22,29H,8-16H2,1-2H3/b27-23+/t18-,19+,20+,21+,22+,25+,26+/m1/s1. The molecule has 1 aromatic rings. The van der Waals surface area contributed by atoms with Gasteiger partial charge in [-0.05, 0) is 99.0 Å². The van der Waals surface area contributed by atoms with Gasteiger partial charge >= 0.3 is 5.97 Å². The Hall–Kier alpha value is -1.84. The van der Waals surface area contributed by atoms with Crippen molar-refractivity contribution in [1.82, 2.24) is 0 Å². The van der Waals surface area contributed by atoms with Crippen LogP contribution in [0.1, 0.15) is 82.0 Å². The summed E-state index contributed by atoms with van der Waals surface area (Å²) < 4.78 is 5.94. The maximum absolute atomic E-state index is 12.5. The Morgan fingerprint density at radius 1 is 1.03 bits per heavy atom. The second kappa shape index (κ2) is 7.39. The molecule has 0 radical (unpaired) electrons. The monoisotopic (exact) mass is 409 g/mol. The molecule has 4 nitrogen and oxygen atoms in total. The maximum atomic E-state index is 12.5. The number of oxime groups is 1. The van der Waals surface area contributed by atoms with E-state index >= 15 is 0 Å². The van der Waals surface area contributed by atoms with Crippen LogP contribution < -0.4 is 0 Å². The van der Waals surface area contributed by atoms with Crippen molar-refractivity contribution < 1.29 is 14.7 Å². The van der Waals surface area contributed by atoms with Gasteiger partial charge in [0.2, 0.25) is 0 Å². The summed E-state index contributed by atoms with van der Waals surface area (Å²) in [5, 5.41) is 13.2. The minimum absolute atomic E-state index is 0.0563. The van der Waals surface area contributed by atoms with Gasteiger partial charge in [-0.15, -0.1) is 0 Å². The molecule has 0 aromatic heterocycles. The van der Waals surface area contributed by atoms with Crippen LogP contribution in [0.15, 0.2) is 35.5 Å². The van der Waals surface area contributed by atoms with Gasteiger partial charge in [0.15, 0.2) is 0 Å². The van der Waals surface area contributed by atoms with E-state index in [0.29, 0.717) is 22.8 Å². The van der Waals surface area contributed by atoms with Gasteiger partial charge in [0, 0.05) is 5.41 Å². The van der Waals surface area contributed by atoms with E-state index in [0.717, 1.165) is 49.7 Å². The van der Waals surface area contributed by atoms with Gasteiger partial charge < -0.3 is 9.94 Å². The third-order valence-corrected chi connectivity index (χ3v) is 9.76. The van der Waals surface area contributed by atoms with Crippen molar-refractivity contribution in [3.05, 3.63) is 35.9 Å². The van der Waals surface area contributed by atoms with Crippen LogP contribution in [0, 0.1) is 34.5 Å². The number of carbonyl (C=O) groups excluding carboxylic acids is 1. The van der Waals surface area contributed by atoms with Gasteiger partial charge in [-0.25, -0.2) is 4.79 Å². The quantitative estimate of drug-likeness (QED) is 0.365. The van der Waals surface area contributed by atoms with E-state index in [-0.39, 0.29) is 17.5 Å². The lowest BCUT2D eigenvalue weighted by Gasteiger charge is -2.60. The van der Waals surface area contributed by atoms with Crippen molar-refractivity contribution in [2.75, 3.05) is 0 Å². The van der Waals surface area contributed by atoms with Crippen LogP contribution in [0.25, 0.3) is 0 Å². The molecule has 0 unspecified atom stereocenters. The van der Waals surface area contributed by atoms with Crippen LogP contribution in [0.3, 0.4) is 0 Å². The van der Waals surface area contributed by atoms with Crippen LogP contribution in [-0.4, -0.2) is 23.0 Å². The number of esters is 1. The van der Waals surface area contributed by atoms with Crippen LogP contribution >= 0.6 is 0 Å². The van der Waals surface area contributed by atoms with Gasteiger partial charge in [0.1, 0.15) is 6.10 Å². The van der Waals surface area contributed by atoms with Gasteiger partial charge in [-0.1, -0.05) is 37.2 Å². The maximum Gasteiger partial charge on any atom is 0.338 e. The lowest BCUT2D eigenvalue weighted by Crippen LogP contribution is -2.54. The molecular formula is C26H35NO3. The Morgan fingerprint density at radius 3 is 2.60 bits per heavy atom. The van der Waals surface area contributed by atoms with Crippen molar-refractivity contribution in [3.8, 4) is 0 Å². The number of ether oxygens (including phenoxy) is 1. The van der Waals surface area contributed by atoms with Crippen molar-refractivity contribution in [1.29, 1.82) is 0 Å². The Bertz CT molecular complexity index is 836. The molecule has 4 aliphatic carbocycles. The van der Waals surface area contributed by atoms with Gasteiger partial charge in [-0.3, -0.25) is 0 Å². The summed E-state index contributed by atoms with van der Waals surface area (Å²) in [4.78, 5) is 12.5. The molecule has 5 rings (SSSR count). The molecule has 30 heavy (non-hydrogen) atoms. The van der Waals surface area contributed by atoms with E-state index in [4.69, 9.17) is 4.74 Å². The highest BCUT2D eigenvalue weighted by atomic mass is 16.5. The number of rotatable bonds is 2. The topological polar surface area (TPSA) is 58.9 Å². The number of carbonyl (C=O) groups is 1. The molecule has 1 aromatic carbocycles. The zero-order chi connectivity index (χ0) is 20.9. The number of fused-ring (bicyclic) bond motifs is 5. The number of benzene rings is 1. The molecule has 0 spiro atoms. The lowest BCUT2D eigenvalue weighted by atomic mass is 9.45. The van der Waals surface area contributed by atoms with Crippen molar-refractivity contribution >= 4 is 11.7 Å². The predicted molar refractivity (Wildman–Crippen MR) is 117 cm³/mol. The van der Waals surface area contributed by atoms with Gasteiger partial charge in [0.05, 0.1) is 11.3 Å². The molecule has 0 heterocycles. The molecular weight excluding hydrogens is 374 g/mol. The molecule has 0 amide bonds. The third-order valence-electron chi connectivity index (χ3n) is 9.76. The van der Waals surface area contributed by atoms with Crippen molar-refractivity contribution in [2.24, 2.45) is 39.7 Å². The van der Waals surface area contributed by atoms with Gasteiger partial charge in [-0.2, -0.15) is 0 Å². The van der Waals surface area contributed by atoms with E-state index in [1.165, 1.54) is 25.7 Å². The summed E-state index contributed by atoms with van der Waals surface area (Å²) in [6.45, 7) is 4.88. The molecule has 0 bridgehead atoms. The summed E-state index contributed by atoms with van der Waals surface area (Å²) in [5.74, 6) is 2.67. The van der Waals surface area contributed by atoms with E-state index in [1.807, 2.05) is 30.3 Å². The number of hydrogen-bond acceptors (Lipinski definition) is 4. The highest BCUT2D eigenvalue weighted by Crippen LogP contribution is 2.65. The zero-order valence-corrected chi connectivity index (χ0v) is 18.3. The Kier molecular flexibility index (Phi) is 4.95. The second-order valence-electron chi connectivity index (χ2n) is 10.9. The fourth-order valence-electron chi connectivity index (χ4n) is 8.07. The molecule has 4 heteroatoms. The first-order valence-corrected chi connectivity index (χ1v) is 11.9. The summed E-state index contributed by atoms with van der Waals surface area (Å²) in [6.07, 6.45) is 10.3. The van der Waals surface area contributed by atoms with Crippen molar-refractivity contribution in [2.45, 2.75) is 77.7 Å². The first-order valence-electron chi connectivity index (χ1n) is 11.9. The van der Waals surface area contributed by atoms with Gasteiger partial charge in [0.25, 0.3) is 0 Å². The molecule has 7 atom stereocenters. The SMILES string of the molecule is C[C@]12CC[C@H](OC(=O)c3ccccc3)C[C@H]1CC[C@@H]1[C@@H]2CC[C@]2(C)/C(=N/O)CC[C@@H]12. The second-order valence-corrected chi connectivity index (χ2v) is 10.9. The van der Waals surface area contributed by atoms with E-state index in [9.17, 15) is 10.0 Å². The zero-order valence-electron chi connectivity index (χ0n) is 18.3. The van der Waals surface area contributed by atoms with Crippen LogP contribution in [0.4, 0.5) is 0 Å². The first-order chi connectivity index (χ1) is 14.5. The number of hydrogen-bond donors (Lipinski definition) is 1. The van der Waals surface area contributed by atoms with Crippen LogP contribution in [-0.2, 0) is 4.74 Å². The minimum Gasteiger partial charge on any atom is -0.459 e. The van der Waals surface area contributed by atoms with Crippen LogP contribution in [0.5, 0.6) is 0 Å².